The van der Waals surface area contributed by atoms with Crippen molar-refractivity contribution in [2.45, 2.75) is 13.0 Å². The van der Waals surface area contributed by atoms with Crippen molar-refractivity contribution >= 4 is 51.0 Å². The summed E-state index contributed by atoms with van der Waals surface area (Å²) >= 11 is 7.86. The minimum absolute atomic E-state index is 0.277. The molecular formula is C27H23ClN10OS. The molecule has 5 aromatic heterocycles. The zero-order chi connectivity index (χ0) is 27.8. The maximum atomic E-state index is 13.9. The van der Waals surface area contributed by atoms with Crippen LogP contribution in [0, 0.1) is 5.18 Å². The Kier molecular flexibility index (Phi) is 6.64. The third-order valence-electron chi connectivity index (χ3n) is 6.58. The molecule has 0 radical (unpaired) electrons. The molecule has 11 nitrogen and oxygen atoms in total. The Morgan fingerprint density at radius 1 is 1.15 bits per heavy atom. The summed E-state index contributed by atoms with van der Waals surface area (Å²) in [6.07, 6.45) is 6.76. The van der Waals surface area contributed by atoms with Gasteiger partial charge in [0.25, 0.3) is 5.56 Å². The summed E-state index contributed by atoms with van der Waals surface area (Å²) in [7, 11) is 0. The number of nitrogens with zero attached hydrogens (tertiary/aromatic N) is 8. The lowest BCUT2D eigenvalue weighted by Crippen LogP contribution is -2.35. The van der Waals surface area contributed by atoms with E-state index in [1.54, 1.807) is 29.1 Å². The number of anilines is 2. The van der Waals surface area contributed by atoms with Gasteiger partial charge in [0, 0.05) is 24.2 Å². The lowest BCUT2D eigenvalue weighted by Gasteiger charge is -2.30. The molecule has 0 aliphatic rings. The van der Waals surface area contributed by atoms with E-state index in [-0.39, 0.29) is 5.56 Å². The molecule has 0 fully saturated rings. The van der Waals surface area contributed by atoms with Crippen LogP contribution in [0.2, 0.25) is 5.02 Å². The van der Waals surface area contributed by atoms with Crippen molar-refractivity contribution in [2.75, 3.05) is 23.4 Å². The van der Waals surface area contributed by atoms with Crippen molar-refractivity contribution in [3.63, 3.8) is 0 Å². The lowest BCUT2D eigenvalue weighted by molar-refractivity contribution is 0.603. The third kappa shape index (κ3) is 4.34. The number of halogens is 1. The van der Waals surface area contributed by atoms with Gasteiger partial charge in [0.2, 0.25) is 0 Å². The first-order valence-electron chi connectivity index (χ1n) is 12.3. The Hall–Kier alpha value is -4.77. The highest BCUT2D eigenvalue weighted by Gasteiger charge is 2.28. The maximum absolute atomic E-state index is 13.9. The van der Waals surface area contributed by atoms with Gasteiger partial charge in [-0.05, 0) is 37.3 Å². The number of hydrogen-bond donors (Lipinski definition) is 2. The number of para-hydroxylation sites is 1. The molecule has 0 aliphatic heterocycles. The second-order valence-corrected chi connectivity index (χ2v) is 10.0. The molecule has 0 aliphatic carbocycles. The summed E-state index contributed by atoms with van der Waals surface area (Å²) in [5.74, 6) is 1.50. The van der Waals surface area contributed by atoms with Crippen LogP contribution in [0.3, 0.4) is 0 Å². The van der Waals surface area contributed by atoms with Crippen LogP contribution < -0.4 is 16.2 Å². The van der Waals surface area contributed by atoms with Crippen molar-refractivity contribution in [2.24, 2.45) is 0 Å². The standard InChI is InChI=1S/C27H23ClN10OS/c1-16(25-35-37-11-10-19(28)23(37)27(39)38(25)18-6-4-3-5-7-18)36(12-13-40-2)26-21-22(17-8-9-20(29)30-14-17)33-34-24(21)31-15-32-26/h3-11,14-16H,12H2,1-2H3,(H2,29,30)(H,31,32,33,34). The summed E-state index contributed by atoms with van der Waals surface area (Å²) in [6, 6.07) is 14.2. The Morgan fingerprint density at radius 3 is 2.73 bits per heavy atom. The summed E-state index contributed by atoms with van der Waals surface area (Å²) in [5.41, 5.74) is 8.47. The van der Waals surface area contributed by atoms with Crippen molar-refractivity contribution in [1.29, 1.82) is 0 Å². The summed E-state index contributed by atoms with van der Waals surface area (Å²) in [4.78, 5) is 29.2. The van der Waals surface area contributed by atoms with Crippen molar-refractivity contribution in [3.05, 3.63) is 88.5 Å². The van der Waals surface area contributed by atoms with Gasteiger partial charge in [-0.25, -0.2) is 19.5 Å². The number of fused-ring (bicyclic) bond motifs is 2. The fourth-order valence-electron chi connectivity index (χ4n) is 4.63. The molecule has 6 aromatic rings. The third-order valence-corrected chi connectivity index (χ3v) is 7.30. The van der Waals surface area contributed by atoms with E-state index in [9.17, 15) is 4.79 Å². The molecule has 0 saturated heterocycles. The molecule has 1 unspecified atom stereocenters. The second-order valence-electron chi connectivity index (χ2n) is 8.91. The predicted molar refractivity (Wildman–Crippen MR) is 158 cm³/mol. The maximum Gasteiger partial charge on any atom is 0.284 e. The summed E-state index contributed by atoms with van der Waals surface area (Å²) < 4.78 is 3.12. The number of rotatable bonds is 6. The van der Waals surface area contributed by atoms with E-state index < -0.39 is 6.04 Å². The fraction of sp³-hybridized carbons (Fsp3) is 0.148. The lowest BCUT2D eigenvalue weighted by atomic mass is 10.1. The van der Waals surface area contributed by atoms with Gasteiger partial charge in [0.15, 0.2) is 11.5 Å². The number of nitrogen functional groups attached to an aromatic ring is 1. The predicted octanol–water partition coefficient (Wildman–Crippen LogP) is 4.34. The largest absolute Gasteiger partial charge is 0.384 e. The minimum atomic E-state index is -0.455. The normalized spacial score (nSPS) is 12.0. The van der Waals surface area contributed by atoms with E-state index in [1.165, 1.54) is 22.0 Å². The molecule has 5 heterocycles. The SMILES string of the molecule is CS#CCN(c1ncnc2n[nH]c(-c3ccc(N)nc3)c12)C(C)c1nn2ccc(Cl)c2c(=O)n1-c1ccccc1. The number of aromatic nitrogens is 8. The van der Waals surface area contributed by atoms with Crippen LogP contribution in [-0.4, -0.2) is 52.1 Å². The van der Waals surface area contributed by atoms with Crippen LogP contribution in [0.25, 0.3) is 33.5 Å². The molecule has 0 bridgehead atoms. The summed E-state index contributed by atoms with van der Waals surface area (Å²) in [5, 5.41) is 16.7. The second kappa shape index (κ2) is 10.4. The number of nitrogens with two attached hydrogens (primary N) is 1. The number of pyridine rings is 1. The molecule has 1 aromatic carbocycles. The number of aromatic amines is 1. The number of benzene rings is 1. The van der Waals surface area contributed by atoms with Crippen molar-refractivity contribution < 1.29 is 0 Å². The zero-order valence-electron chi connectivity index (χ0n) is 21.5. The van der Waals surface area contributed by atoms with Gasteiger partial charge in [-0.3, -0.25) is 14.5 Å². The average Bonchev–Trinajstić information content (AvgIpc) is 3.58. The zero-order valence-corrected chi connectivity index (χ0v) is 23.1. The van der Waals surface area contributed by atoms with Gasteiger partial charge >= 0.3 is 0 Å². The molecular weight excluding hydrogens is 548 g/mol. The first-order chi connectivity index (χ1) is 19.5. The van der Waals surface area contributed by atoms with E-state index in [0.29, 0.717) is 57.0 Å². The first kappa shape index (κ1) is 25.5. The molecule has 0 amide bonds. The Labute approximate surface area is 236 Å². The van der Waals surface area contributed by atoms with Crippen molar-refractivity contribution in [3.8, 4) is 22.1 Å². The molecule has 0 spiro atoms. The first-order valence-corrected chi connectivity index (χ1v) is 13.9. The van der Waals surface area contributed by atoms with Gasteiger partial charge in [-0.2, -0.15) is 10.2 Å². The number of nitrogens with one attached hydrogen (secondary N) is 1. The Balaban J connectivity index is 1.59. The van der Waals surface area contributed by atoms with Crippen LogP contribution in [0.5, 0.6) is 0 Å². The van der Waals surface area contributed by atoms with Crippen LogP contribution >= 0.6 is 22.8 Å². The monoisotopic (exact) mass is 570 g/mol. The van der Waals surface area contributed by atoms with Crippen LogP contribution in [0.4, 0.5) is 11.6 Å². The van der Waals surface area contributed by atoms with Gasteiger partial charge < -0.3 is 10.6 Å². The molecule has 1 atom stereocenters. The number of hydrogen-bond acceptors (Lipinski definition) is 8. The van der Waals surface area contributed by atoms with Gasteiger partial charge in [-0.15, -0.1) is 11.2 Å². The number of H-pyrrole nitrogens is 1. The van der Waals surface area contributed by atoms with Crippen LogP contribution in [-0.2, 0) is 0 Å². The van der Waals surface area contributed by atoms with E-state index in [1.807, 2.05) is 54.5 Å². The van der Waals surface area contributed by atoms with Crippen molar-refractivity contribution in [1.82, 2.24) is 39.3 Å². The Morgan fingerprint density at radius 2 is 1.98 bits per heavy atom. The fourth-order valence-corrected chi connectivity index (χ4v) is 5.13. The smallest absolute Gasteiger partial charge is 0.284 e. The molecule has 13 heteroatoms. The van der Waals surface area contributed by atoms with Gasteiger partial charge in [0.1, 0.15) is 23.5 Å². The van der Waals surface area contributed by atoms with E-state index >= 15 is 0 Å². The molecule has 40 heavy (non-hydrogen) atoms. The van der Waals surface area contributed by atoms with Crippen LogP contribution in [0.1, 0.15) is 18.8 Å². The van der Waals surface area contributed by atoms with E-state index in [4.69, 9.17) is 27.4 Å². The molecule has 3 N–H and O–H groups in total. The highest BCUT2D eigenvalue weighted by molar-refractivity contribution is 7.87. The average molecular weight is 571 g/mol. The van der Waals surface area contributed by atoms with Crippen LogP contribution in [0.15, 0.2) is 72.0 Å². The van der Waals surface area contributed by atoms with Gasteiger partial charge in [0.05, 0.1) is 34.4 Å². The molecule has 200 valence electrons. The van der Waals surface area contributed by atoms with E-state index in [0.717, 1.165) is 5.56 Å². The molecule has 6 rings (SSSR count). The van der Waals surface area contributed by atoms with E-state index in [2.05, 4.69) is 25.3 Å². The summed E-state index contributed by atoms with van der Waals surface area (Å²) in [6.45, 7) is 2.34. The Bertz CT molecular complexity index is 1970. The highest BCUT2D eigenvalue weighted by Crippen LogP contribution is 2.35. The minimum Gasteiger partial charge on any atom is -0.384 e. The quantitative estimate of drug-likeness (QED) is 0.302. The highest BCUT2D eigenvalue weighted by atomic mass is 35.5. The topological polar surface area (TPSA) is 136 Å². The molecule has 0 saturated carbocycles. The van der Waals surface area contributed by atoms with Gasteiger partial charge in [-0.1, -0.05) is 35.0 Å².